The Kier molecular flexibility index (Phi) is 5.79. The lowest BCUT2D eigenvalue weighted by Gasteiger charge is -2.26. The van der Waals surface area contributed by atoms with Gasteiger partial charge in [0.25, 0.3) is 5.91 Å². The highest BCUT2D eigenvalue weighted by molar-refractivity contribution is 7.87. The second-order valence-corrected chi connectivity index (χ2v) is 7.89. The molecule has 1 amide bonds. The minimum absolute atomic E-state index is 0.136. The molecule has 0 aliphatic carbocycles. The number of hydrogen-bond donors (Lipinski definition) is 1. The molecular formula is C19H22N2O5S. The fourth-order valence-corrected chi connectivity index (χ4v) is 3.94. The molecule has 1 fully saturated rings. The Morgan fingerprint density at radius 1 is 1.07 bits per heavy atom. The smallest absolute Gasteiger partial charge is 0.339 e. The van der Waals surface area contributed by atoms with Crippen LogP contribution >= 0.6 is 0 Å². The van der Waals surface area contributed by atoms with Crippen molar-refractivity contribution in [3.63, 3.8) is 0 Å². The Hall–Kier alpha value is -2.42. The molecule has 27 heavy (non-hydrogen) atoms. The lowest BCUT2D eigenvalue weighted by atomic mass is 10.2. The van der Waals surface area contributed by atoms with Crippen molar-refractivity contribution in [2.75, 3.05) is 26.3 Å². The summed E-state index contributed by atoms with van der Waals surface area (Å²) in [5.74, 6) is -0.111. The summed E-state index contributed by atoms with van der Waals surface area (Å²) in [4.78, 5) is 12.4. The first-order valence-electron chi connectivity index (χ1n) is 8.61. The van der Waals surface area contributed by atoms with Gasteiger partial charge in [0.2, 0.25) is 0 Å². The fraction of sp³-hybridized carbons (Fsp3) is 0.316. The molecule has 3 rings (SSSR count). The van der Waals surface area contributed by atoms with Crippen LogP contribution in [0.3, 0.4) is 0 Å². The molecule has 2 aromatic carbocycles. The summed E-state index contributed by atoms with van der Waals surface area (Å²) in [5, 5.41) is 1.79. The molecule has 0 bridgehead atoms. The Balaban J connectivity index is 1.69. The number of nitrogens with zero attached hydrogens (tertiary/aromatic N) is 1. The molecule has 0 radical (unpaired) electrons. The van der Waals surface area contributed by atoms with Crippen LogP contribution in [0.15, 0.2) is 47.4 Å². The highest BCUT2D eigenvalue weighted by Gasteiger charge is 2.20. The number of rotatable bonds is 5. The van der Waals surface area contributed by atoms with Crippen molar-refractivity contribution >= 4 is 16.0 Å². The summed E-state index contributed by atoms with van der Waals surface area (Å²) in [7, 11) is -3.94. The van der Waals surface area contributed by atoms with Crippen molar-refractivity contribution in [2.45, 2.75) is 18.7 Å². The quantitative estimate of drug-likeness (QED) is 0.787. The molecule has 1 heterocycles. The number of nitrogens with one attached hydrogen (secondary N) is 1. The van der Waals surface area contributed by atoms with E-state index in [4.69, 9.17) is 8.92 Å². The van der Waals surface area contributed by atoms with Gasteiger partial charge >= 0.3 is 10.1 Å². The minimum Gasteiger partial charge on any atom is -0.379 e. The van der Waals surface area contributed by atoms with Crippen molar-refractivity contribution in [3.8, 4) is 5.75 Å². The largest absolute Gasteiger partial charge is 0.379 e. The molecule has 8 heteroatoms. The highest BCUT2D eigenvalue weighted by Crippen LogP contribution is 2.22. The summed E-state index contributed by atoms with van der Waals surface area (Å²) in [6.07, 6.45) is 0. The average molecular weight is 390 g/mol. The van der Waals surface area contributed by atoms with Crippen molar-refractivity contribution < 1.29 is 22.1 Å². The first-order chi connectivity index (χ1) is 12.8. The number of aryl methyl sites for hydroxylation is 2. The van der Waals surface area contributed by atoms with Gasteiger partial charge < -0.3 is 8.92 Å². The van der Waals surface area contributed by atoms with Gasteiger partial charge in [0.1, 0.15) is 10.6 Å². The third kappa shape index (κ3) is 4.85. The van der Waals surface area contributed by atoms with Gasteiger partial charge in [-0.1, -0.05) is 12.1 Å². The van der Waals surface area contributed by atoms with E-state index in [0.29, 0.717) is 37.4 Å². The van der Waals surface area contributed by atoms with Crippen LogP contribution in [0.1, 0.15) is 21.5 Å². The Bertz CT molecular complexity index is 920. The number of ether oxygens (including phenoxy) is 1. The molecule has 1 aliphatic heterocycles. The van der Waals surface area contributed by atoms with Gasteiger partial charge in [-0.2, -0.15) is 8.42 Å². The zero-order valence-electron chi connectivity index (χ0n) is 15.3. The van der Waals surface area contributed by atoms with Crippen LogP contribution in [0.2, 0.25) is 0 Å². The summed E-state index contributed by atoms with van der Waals surface area (Å²) in [5.41, 5.74) is 4.66. The van der Waals surface area contributed by atoms with Crippen LogP contribution in [-0.2, 0) is 14.9 Å². The SMILES string of the molecule is Cc1ccc(C)c(S(=O)(=O)Oc2ccc(C(=O)NN3CCOCC3)cc2)c1. The first kappa shape index (κ1) is 19.3. The van der Waals surface area contributed by atoms with Crippen LogP contribution in [0, 0.1) is 13.8 Å². The zero-order chi connectivity index (χ0) is 19.4. The summed E-state index contributed by atoms with van der Waals surface area (Å²) < 4.78 is 35.5. The van der Waals surface area contributed by atoms with Gasteiger partial charge in [0, 0.05) is 18.7 Å². The number of hydrazine groups is 1. The van der Waals surface area contributed by atoms with Gasteiger partial charge in [0.15, 0.2) is 0 Å². The van der Waals surface area contributed by atoms with Crippen LogP contribution in [-0.4, -0.2) is 45.6 Å². The predicted octanol–water partition coefficient (Wildman–Crippen LogP) is 2.05. The van der Waals surface area contributed by atoms with E-state index in [0.717, 1.165) is 5.56 Å². The van der Waals surface area contributed by atoms with Gasteiger partial charge in [-0.05, 0) is 55.3 Å². The topological polar surface area (TPSA) is 84.9 Å². The van der Waals surface area contributed by atoms with E-state index in [-0.39, 0.29) is 16.6 Å². The van der Waals surface area contributed by atoms with E-state index in [1.807, 2.05) is 13.0 Å². The molecule has 0 spiro atoms. The van der Waals surface area contributed by atoms with E-state index in [1.165, 1.54) is 24.3 Å². The molecule has 2 aromatic rings. The van der Waals surface area contributed by atoms with Gasteiger partial charge in [-0.25, -0.2) is 5.01 Å². The van der Waals surface area contributed by atoms with Crippen LogP contribution < -0.4 is 9.61 Å². The summed E-state index contributed by atoms with van der Waals surface area (Å²) in [6.45, 7) is 5.93. The Morgan fingerprint density at radius 3 is 2.41 bits per heavy atom. The van der Waals surface area contributed by atoms with E-state index in [2.05, 4.69) is 5.43 Å². The molecule has 1 N–H and O–H groups in total. The monoisotopic (exact) mass is 390 g/mol. The van der Waals surface area contributed by atoms with Crippen LogP contribution in [0.25, 0.3) is 0 Å². The minimum atomic E-state index is -3.94. The van der Waals surface area contributed by atoms with Crippen molar-refractivity contribution in [1.82, 2.24) is 10.4 Å². The molecule has 1 aliphatic rings. The van der Waals surface area contributed by atoms with E-state index in [1.54, 1.807) is 24.1 Å². The van der Waals surface area contributed by atoms with Crippen LogP contribution in [0.5, 0.6) is 5.75 Å². The number of carbonyl (C=O) groups is 1. The number of amides is 1. The van der Waals surface area contributed by atoms with Crippen LogP contribution in [0.4, 0.5) is 0 Å². The van der Waals surface area contributed by atoms with E-state index in [9.17, 15) is 13.2 Å². The second kappa shape index (κ2) is 8.08. The Morgan fingerprint density at radius 2 is 1.74 bits per heavy atom. The predicted molar refractivity (Wildman–Crippen MR) is 100 cm³/mol. The van der Waals surface area contributed by atoms with Crippen molar-refractivity contribution in [2.24, 2.45) is 0 Å². The first-order valence-corrected chi connectivity index (χ1v) is 10.0. The molecular weight excluding hydrogens is 368 g/mol. The lowest BCUT2D eigenvalue weighted by molar-refractivity contribution is 0.0126. The fourth-order valence-electron chi connectivity index (χ4n) is 2.69. The van der Waals surface area contributed by atoms with E-state index < -0.39 is 10.1 Å². The number of morpholine rings is 1. The molecule has 7 nitrogen and oxygen atoms in total. The molecule has 0 unspecified atom stereocenters. The molecule has 0 atom stereocenters. The lowest BCUT2D eigenvalue weighted by Crippen LogP contribution is -2.48. The average Bonchev–Trinajstić information content (AvgIpc) is 2.64. The maximum absolute atomic E-state index is 12.5. The molecule has 0 aromatic heterocycles. The van der Waals surface area contributed by atoms with E-state index >= 15 is 0 Å². The third-order valence-corrected chi connectivity index (χ3v) is 5.60. The summed E-state index contributed by atoms with van der Waals surface area (Å²) >= 11 is 0. The molecule has 0 saturated carbocycles. The summed E-state index contributed by atoms with van der Waals surface area (Å²) in [6, 6.07) is 11.2. The van der Waals surface area contributed by atoms with Gasteiger partial charge in [-0.15, -0.1) is 0 Å². The van der Waals surface area contributed by atoms with Gasteiger partial charge in [0.05, 0.1) is 13.2 Å². The number of benzene rings is 2. The maximum Gasteiger partial charge on any atom is 0.339 e. The number of hydrogen-bond acceptors (Lipinski definition) is 6. The second-order valence-electron chi connectivity index (χ2n) is 6.37. The zero-order valence-corrected chi connectivity index (χ0v) is 16.1. The van der Waals surface area contributed by atoms with Crippen molar-refractivity contribution in [3.05, 3.63) is 59.2 Å². The number of carbonyl (C=O) groups excluding carboxylic acids is 1. The van der Waals surface area contributed by atoms with Crippen molar-refractivity contribution in [1.29, 1.82) is 0 Å². The van der Waals surface area contributed by atoms with Gasteiger partial charge in [-0.3, -0.25) is 10.2 Å². The maximum atomic E-state index is 12.5. The Labute approximate surface area is 159 Å². The normalized spacial score (nSPS) is 15.3. The standard InChI is InChI=1S/C19H22N2O5S/c1-14-3-4-15(2)18(13-14)27(23,24)26-17-7-5-16(6-8-17)19(22)20-21-9-11-25-12-10-21/h3-8,13H,9-12H2,1-2H3,(H,20,22). The molecule has 144 valence electrons. The highest BCUT2D eigenvalue weighted by atomic mass is 32.2. The third-order valence-electron chi connectivity index (χ3n) is 4.21. The molecule has 1 saturated heterocycles.